The second-order valence-corrected chi connectivity index (χ2v) is 5.79. The first-order valence-corrected chi connectivity index (χ1v) is 7.53. The minimum atomic E-state index is -3.74. The highest BCUT2D eigenvalue weighted by molar-refractivity contribution is 7.89. The van der Waals surface area contributed by atoms with Crippen LogP contribution in [-0.4, -0.2) is 21.4 Å². The molecule has 6 nitrogen and oxygen atoms in total. The molecule has 2 aromatic rings. The molecule has 1 amide bonds. The van der Waals surface area contributed by atoms with Crippen LogP contribution in [0, 0.1) is 0 Å². The molecule has 0 aliphatic heterocycles. The minimum absolute atomic E-state index is 0.0159. The highest BCUT2D eigenvalue weighted by Crippen LogP contribution is 2.19. The number of anilines is 1. The van der Waals surface area contributed by atoms with Gasteiger partial charge in [0.25, 0.3) is 5.91 Å². The standard InChI is InChI=1S/C14H14N2O4S/c1-20-13-5-3-2-4-12(13)14(17)16-10-6-8-11(9-7-10)21(15,18)19/h2-9H,1H3,(H,16,17)(H2,15,18,19). The van der Waals surface area contributed by atoms with Crippen molar-refractivity contribution in [3.05, 3.63) is 54.1 Å². The van der Waals surface area contributed by atoms with E-state index in [-0.39, 0.29) is 10.8 Å². The molecule has 0 saturated heterocycles. The topological polar surface area (TPSA) is 98.5 Å². The summed E-state index contributed by atoms with van der Waals surface area (Å²) in [5.74, 6) is 0.104. The van der Waals surface area contributed by atoms with Crippen molar-refractivity contribution in [3.63, 3.8) is 0 Å². The second-order valence-electron chi connectivity index (χ2n) is 4.22. The zero-order chi connectivity index (χ0) is 15.5. The number of hydrogen-bond acceptors (Lipinski definition) is 4. The van der Waals surface area contributed by atoms with Crippen LogP contribution >= 0.6 is 0 Å². The van der Waals surface area contributed by atoms with E-state index < -0.39 is 10.0 Å². The highest BCUT2D eigenvalue weighted by Gasteiger charge is 2.12. The number of primary sulfonamides is 1. The van der Waals surface area contributed by atoms with Gasteiger partial charge in [-0.3, -0.25) is 4.79 Å². The summed E-state index contributed by atoms with van der Waals surface area (Å²) in [7, 11) is -2.26. The van der Waals surface area contributed by atoms with Gasteiger partial charge in [0.05, 0.1) is 17.6 Å². The Morgan fingerprint density at radius 2 is 1.71 bits per heavy atom. The summed E-state index contributed by atoms with van der Waals surface area (Å²) >= 11 is 0. The molecule has 2 aromatic carbocycles. The van der Waals surface area contributed by atoms with E-state index in [1.54, 1.807) is 24.3 Å². The van der Waals surface area contributed by atoms with Crippen LogP contribution in [0.5, 0.6) is 5.75 Å². The molecule has 2 rings (SSSR count). The Labute approximate surface area is 122 Å². The van der Waals surface area contributed by atoms with Gasteiger partial charge in [-0.05, 0) is 36.4 Å². The van der Waals surface area contributed by atoms with Crippen molar-refractivity contribution >= 4 is 21.6 Å². The molecular formula is C14H14N2O4S. The fourth-order valence-corrected chi connectivity index (χ4v) is 2.27. The van der Waals surface area contributed by atoms with E-state index in [0.717, 1.165) is 0 Å². The number of benzene rings is 2. The molecule has 0 fully saturated rings. The number of carbonyl (C=O) groups is 1. The van der Waals surface area contributed by atoms with Gasteiger partial charge in [-0.15, -0.1) is 0 Å². The van der Waals surface area contributed by atoms with Gasteiger partial charge in [0.2, 0.25) is 10.0 Å². The van der Waals surface area contributed by atoms with Crippen LogP contribution in [0.3, 0.4) is 0 Å². The van der Waals surface area contributed by atoms with Gasteiger partial charge in [-0.1, -0.05) is 12.1 Å². The number of nitrogens with two attached hydrogens (primary N) is 1. The predicted octanol–water partition coefficient (Wildman–Crippen LogP) is 1.59. The molecule has 0 unspecified atom stereocenters. The largest absolute Gasteiger partial charge is 0.496 e. The molecule has 0 bridgehead atoms. The lowest BCUT2D eigenvalue weighted by Gasteiger charge is -2.09. The Morgan fingerprint density at radius 1 is 1.10 bits per heavy atom. The molecule has 0 heterocycles. The summed E-state index contributed by atoms with van der Waals surface area (Å²) in [6.45, 7) is 0. The van der Waals surface area contributed by atoms with Gasteiger partial charge in [0.1, 0.15) is 5.75 Å². The van der Waals surface area contributed by atoms with Crippen molar-refractivity contribution in [1.29, 1.82) is 0 Å². The summed E-state index contributed by atoms with van der Waals surface area (Å²) in [6.07, 6.45) is 0. The maximum absolute atomic E-state index is 12.1. The highest BCUT2D eigenvalue weighted by atomic mass is 32.2. The predicted molar refractivity (Wildman–Crippen MR) is 78.8 cm³/mol. The van der Waals surface area contributed by atoms with E-state index in [4.69, 9.17) is 9.88 Å². The van der Waals surface area contributed by atoms with Crippen LogP contribution in [0.15, 0.2) is 53.4 Å². The van der Waals surface area contributed by atoms with Crippen molar-refractivity contribution < 1.29 is 17.9 Å². The van der Waals surface area contributed by atoms with E-state index in [1.165, 1.54) is 31.4 Å². The number of hydrogen-bond donors (Lipinski definition) is 2. The molecule has 0 saturated carbocycles. The van der Waals surface area contributed by atoms with Crippen LogP contribution in [0.4, 0.5) is 5.69 Å². The van der Waals surface area contributed by atoms with E-state index in [0.29, 0.717) is 17.0 Å². The first-order valence-electron chi connectivity index (χ1n) is 5.99. The molecule has 0 radical (unpaired) electrons. The van der Waals surface area contributed by atoms with Crippen molar-refractivity contribution in [3.8, 4) is 5.75 Å². The molecule has 110 valence electrons. The molecule has 0 atom stereocenters. The number of para-hydroxylation sites is 1. The van der Waals surface area contributed by atoms with Gasteiger partial charge >= 0.3 is 0 Å². The van der Waals surface area contributed by atoms with Crippen molar-refractivity contribution in [2.75, 3.05) is 12.4 Å². The van der Waals surface area contributed by atoms with Gasteiger partial charge in [0, 0.05) is 5.69 Å². The van der Waals surface area contributed by atoms with Crippen LogP contribution in [0.1, 0.15) is 10.4 Å². The summed E-state index contributed by atoms with van der Waals surface area (Å²) in [5, 5.41) is 7.66. The van der Waals surface area contributed by atoms with Crippen LogP contribution in [0.25, 0.3) is 0 Å². The molecule has 0 spiro atoms. The molecule has 21 heavy (non-hydrogen) atoms. The zero-order valence-electron chi connectivity index (χ0n) is 11.2. The van der Waals surface area contributed by atoms with Crippen molar-refractivity contribution in [2.24, 2.45) is 5.14 Å². The van der Waals surface area contributed by atoms with E-state index >= 15 is 0 Å². The number of amides is 1. The third-order valence-corrected chi connectivity index (χ3v) is 3.72. The minimum Gasteiger partial charge on any atom is -0.496 e. The Morgan fingerprint density at radius 3 is 2.29 bits per heavy atom. The van der Waals surface area contributed by atoms with Gasteiger partial charge in [-0.2, -0.15) is 0 Å². The maximum atomic E-state index is 12.1. The normalized spacial score (nSPS) is 11.0. The Balaban J connectivity index is 2.20. The monoisotopic (exact) mass is 306 g/mol. The third-order valence-electron chi connectivity index (χ3n) is 2.79. The molecule has 0 aliphatic rings. The quantitative estimate of drug-likeness (QED) is 0.896. The molecule has 3 N–H and O–H groups in total. The summed E-state index contributed by atoms with van der Waals surface area (Å²) in [4.78, 5) is 12.1. The van der Waals surface area contributed by atoms with Gasteiger partial charge in [-0.25, -0.2) is 13.6 Å². The number of nitrogens with one attached hydrogen (secondary N) is 1. The maximum Gasteiger partial charge on any atom is 0.259 e. The number of methoxy groups -OCH3 is 1. The van der Waals surface area contributed by atoms with Crippen molar-refractivity contribution in [2.45, 2.75) is 4.90 Å². The molecular weight excluding hydrogens is 292 g/mol. The fourth-order valence-electron chi connectivity index (χ4n) is 1.76. The third kappa shape index (κ3) is 3.59. The van der Waals surface area contributed by atoms with Gasteiger partial charge < -0.3 is 10.1 Å². The SMILES string of the molecule is COc1ccccc1C(=O)Nc1ccc(S(N)(=O)=O)cc1. The fraction of sp³-hybridized carbons (Fsp3) is 0.0714. The lowest BCUT2D eigenvalue weighted by atomic mass is 10.2. The Kier molecular flexibility index (Phi) is 4.25. The number of rotatable bonds is 4. The van der Waals surface area contributed by atoms with E-state index in [1.807, 2.05) is 0 Å². The summed E-state index contributed by atoms with van der Waals surface area (Å²) in [5.41, 5.74) is 0.842. The second kappa shape index (κ2) is 5.94. The average molecular weight is 306 g/mol. The number of sulfonamides is 1. The molecule has 0 aliphatic carbocycles. The summed E-state index contributed by atoms with van der Waals surface area (Å²) in [6, 6.07) is 12.4. The van der Waals surface area contributed by atoms with Crippen LogP contribution < -0.4 is 15.2 Å². The summed E-state index contributed by atoms with van der Waals surface area (Å²) < 4.78 is 27.4. The Hall–Kier alpha value is -2.38. The zero-order valence-corrected chi connectivity index (χ0v) is 12.1. The Bertz CT molecular complexity index is 755. The van der Waals surface area contributed by atoms with Crippen LogP contribution in [-0.2, 0) is 10.0 Å². The molecule has 7 heteroatoms. The van der Waals surface area contributed by atoms with Gasteiger partial charge in [0.15, 0.2) is 0 Å². The lowest BCUT2D eigenvalue weighted by molar-refractivity contribution is 0.102. The molecule has 0 aromatic heterocycles. The lowest BCUT2D eigenvalue weighted by Crippen LogP contribution is -2.14. The van der Waals surface area contributed by atoms with Crippen molar-refractivity contribution in [1.82, 2.24) is 0 Å². The number of carbonyl (C=O) groups excluding carboxylic acids is 1. The van der Waals surface area contributed by atoms with E-state index in [9.17, 15) is 13.2 Å². The smallest absolute Gasteiger partial charge is 0.259 e. The first kappa shape index (κ1) is 15.0. The number of ether oxygens (including phenoxy) is 1. The average Bonchev–Trinajstić information content (AvgIpc) is 2.46. The van der Waals surface area contributed by atoms with Crippen LogP contribution in [0.2, 0.25) is 0 Å². The van der Waals surface area contributed by atoms with E-state index in [2.05, 4.69) is 5.32 Å². The first-order chi connectivity index (χ1) is 9.91.